The lowest BCUT2D eigenvalue weighted by Crippen LogP contribution is -1.98. The summed E-state index contributed by atoms with van der Waals surface area (Å²) >= 11 is 1.53. The number of thioether (sulfide) groups is 1. The van der Waals surface area contributed by atoms with E-state index < -0.39 is 0 Å². The van der Waals surface area contributed by atoms with E-state index in [0.29, 0.717) is 23.3 Å². The Balaban J connectivity index is 1.64. The Labute approximate surface area is 121 Å². The molecule has 0 spiro atoms. The lowest BCUT2D eigenvalue weighted by atomic mass is 10.2. The fourth-order valence-corrected chi connectivity index (χ4v) is 2.18. The Hall–Kier alpha value is -1.82. The van der Waals surface area contributed by atoms with Crippen molar-refractivity contribution in [2.24, 2.45) is 0 Å². The molecule has 5 nitrogen and oxygen atoms in total. The van der Waals surface area contributed by atoms with E-state index in [1.165, 1.54) is 11.8 Å². The number of rotatable bonds is 8. The number of carbonyl (C=O) groups excluding carboxylic acids is 1. The van der Waals surface area contributed by atoms with Crippen molar-refractivity contribution in [1.82, 2.24) is 10.2 Å². The van der Waals surface area contributed by atoms with Gasteiger partial charge in [0.1, 0.15) is 12.0 Å². The molecule has 0 fully saturated rings. The van der Waals surface area contributed by atoms with Crippen LogP contribution in [0.4, 0.5) is 0 Å². The molecule has 0 aliphatic carbocycles. The lowest BCUT2D eigenvalue weighted by molar-refractivity contribution is 0.112. The highest BCUT2D eigenvalue weighted by Gasteiger charge is 2.04. The van der Waals surface area contributed by atoms with E-state index in [1.807, 2.05) is 6.92 Å². The van der Waals surface area contributed by atoms with Gasteiger partial charge >= 0.3 is 0 Å². The van der Waals surface area contributed by atoms with Crippen LogP contribution in [0.15, 0.2) is 33.9 Å². The van der Waals surface area contributed by atoms with Gasteiger partial charge in [-0.1, -0.05) is 18.7 Å². The van der Waals surface area contributed by atoms with Crippen molar-refractivity contribution in [3.8, 4) is 5.75 Å². The van der Waals surface area contributed by atoms with Crippen molar-refractivity contribution in [2.75, 3.05) is 12.4 Å². The second kappa shape index (κ2) is 7.69. The first-order valence-electron chi connectivity index (χ1n) is 6.45. The molecule has 0 radical (unpaired) electrons. The zero-order chi connectivity index (χ0) is 14.2. The maximum Gasteiger partial charge on any atom is 0.276 e. The molecule has 2 aromatic rings. The molecule has 106 valence electrons. The van der Waals surface area contributed by atoms with Gasteiger partial charge in [0.15, 0.2) is 0 Å². The summed E-state index contributed by atoms with van der Waals surface area (Å²) in [5.41, 5.74) is 0.649. The molecule has 1 heterocycles. The maximum atomic E-state index is 10.5. The van der Waals surface area contributed by atoms with Gasteiger partial charge in [-0.15, -0.1) is 10.2 Å². The Kier molecular flexibility index (Phi) is 5.61. The first-order chi connectivity index (χ1) is 9.81. The van der Waals surface area contributed by atoms with Crippen LogP contribution < -0.4 is 4.74 Å². The zero-order valence-electron chi connectivity index (χ0n) is 11.2. The topological polar surface area (TPSA) is 65.2 Å². The fourth-order valence-electron chi connectivity index (χ4n) is 1.49. The molecule has 2 rings (SSSR count). The predicted molar refractivity (Wildman–Crippen MR) is 76.3 cm³/mol. The molecule has 0 unspecified atom stereocenters. The second-order valence-electron chi connectivity index (χ2n) is 4.05. The van der Waals surface area contributed by atoms with Crippen molar-refractivity contribution in [3.63, 3.8) is 0 Å². The van der Waals surface area contributed by atoms with Crippen LogP contribution in [0.3, 0.4) is 0 Å². The van der Waals surface area contributed by atoms with Crippen LogP contribution in [0.1, 0.15) is 29.6 Å². The minimum absolute atomic E-state index is 0.609. The molecule has 6 heteroatoms. The van der Waals surface area contributed by atoms with Crippen molar-refractivity contribution in [1.29, 1.82) is 0 Å². The molecular formula is C14H16N2O3S. The van der Waals surface area contributed by atoms with E-state index in [0.717, 1.165) is 30.6 Å². The molecule has 0 N–H and O–H groups in total. The summed E-state index contributed by atoms with van der Waals surface area (Å²) in [7, 11) is 0. The third-order valence-corrected chi connectivity index (χ3v) is 3.45. The molecule has 20 heavy (non-hydrogen) atoms. The largest absolute Gasteiger partial charge is 0.494 e. The smallest absolute Gasteiger partial charge is 0.276 e. The molecule has 0 saturated carbocycles. The molecule has 0 amide bonds. The third kappa shape index (κ3) is 4.38. The first kappa shape index (κ1) is 14.6. The van der Waals surface area contributed by atoms with Gasteiger partial charge < -0.3 is 9.15 Å². The molecular weight excluding hydrogens is 276 g/mol. The number of aromatic nitrogens is 2. The van der Waals surface area contributed by atoms with Crippen molar-refractivity contribution < 1.29 is 13.9 Å². The molecule has 1 aromatic carbocycles. The van der Waals surface area contributed by atoms with Gasteiger partial charge in [0.25, 0.3) is 5.22 Å². The normalized spacial score (nSPS) is 10.4. The number of carbonyl (C=O) groups is 1. The van der Waals surface area contributed by atoms with Crippen LogP contribution in [0.2, 0.25) is 0 Å². The van der Waals surface area contributed by atoms with Crippen molar-refractivity contribution in [2.45, 2.75) is 25.0 Å². The Bertz CT molecular complexity index is 540. The second-order valence-corrected chi connectivity index (χ2v) is 5.10. The summed E-state index contributed by atoms with van der Waals surface area (Å²) < 4.78 is 11.0. The zero-order valence-corrected chi connectivity index (χ0v) is 12.1. The standard InChI is InChI=1S/C14H16N2O3S/c1-2-13-15-16-14(19-13)20-9-3-8-18-12-6-4-11(10-17)5-7-12/h4-7,10H,2-3,8-9H2,1H3. The van der Waals surface area contributed by atoms with E-state index in [9.17, 15) is 4.79 Å². The summed E-state index contributed by atoms with van der Waals surface area (Å²) in [5.74, 6) is 2.29. The SMILES string of the molecule is CCc1nnc(SCCCOc2ccc(C=O)cc2)o1. The van der Waals surface area contributed by atoms with E-state index in [2.05, 4.69) is 10.2 Å². The van der Waals surface area contributed by atoms with E-state index in [1.54, 1.807) is 24.3 Å². The third-order valence-electron chi connectivity index (χ3n) is 2.55. The van der Waals surface area contributed by atoms with Gasteiger partial charge in [0, 0.05) is 17.7 Å². The van der Waals surface area contributed by atoms with E-state index >= 15 is 0 Å². The quantitative estimate of drug-likeness (QED) is 0.423. The van der Waals surface area contributed by atoms with Crippen LogP contribution in [0.5, 0.6) is 5.75 Å². The van der Waals surface area contributed by atoms with Crippen LogP contribution in [0.25, 0.3) is 0 Å². The molecule has 0 aliphatic rings. The average Bonchev–Trinajstić information content (AvgIpc) is 2.95. The minimum Gasteiger partial charge on any atom is -0.494 e. The number of hydrogen-bond acceptors (Lipinski definition) is 6. The Morgan fingerprint density at radius 2 is 2.10 bits per heavy atom. The van der Waals surface area contributed by atoms with Crippen LogP contribution in [-0.2, 0) is 6.42 Å². The number of nitrogens with zero attached hydrogens (tertiary/aromatic N) is 2. The number of aryl methyl sites for hydroxylation is 1. The molecule has 1 aromatic heterocycles. The first-order valence-corrected chi connectivity index (χ1v) is 7.43. The van der Waals surface area contributed by atoms with E-state index in [-0.39, 0.29) is 0 Å². The summed E-state index contributed by atoms with van der Waals surface area (Å²) in [6.45, 7) is 2.59. The average molecular weight is 292 g/mol. The maximum absolute atomic E-state index is 10.5. The van der Waals surface area contributed by atoms with Crippen LogP contribution in [-0.4, -0.2) is 28.8 Å². The molecule has 0 atom stereocenters. The highest BCUT2D eigenvalue weighted by atomic mass is 32.2. The molecule has 0 saturated heterocycles. The lowest BCUT2D eigenvalue weighted by Gasteiger charge is -2.05. The molecule has 0 bridgehead atoms. The Morgan fingerprint density at radius 3 is 2.75 bits per heavy atom. The van der Waals surface area contributed by atoms with Crippen LogP contribution in [0, 0.1) is 0 Å². The van der Waals surface area contributed by atoms with Crippen LogP contribution >= 0.6 is 11.8 Å². The van der Waals surface area contributed by atoms with Crippen molar-refractivity contribution in [3.05, 3.63) is 35.7 Å². The summed E-state index contributed by atoms with van der Waals surface area (Å²) in [5, 5.41) is 8.44. The van der Waals surface area contributed by atoms with Gasteiger partial charge in [-0.2, -0.15) is 0 Å². The summed E-state index contributed by atoms with van der Waals surface area (Å²) in [6, 6.07) is 7.06. The molecule has 0 aliphatic heterocycles. The van der Waals surface area contributed by atoms with Gasteiger partial charge in [0.05, 0.1) is 6.61 Å². The predicted octanol–water partition coefficient (Wildman–Crippen LogP) is 3.01. The minimum atomic E-state index is 0.609. The van der Waals surface area contributed by atoms with E-state index in [4.69, 9.17) is 9.15 Å². The van der Waals surface area contributed by atoms with Gasteiger partial charge in [0.2, 0.25) is 5.89 Å². The summed E-state index contributed by atoms with van der Waals surface area (Å²) in [6.07, 6.45) is 2.45. The van der Waals surface area contributed by atoms with Gasteiger partial charge in [-0.3, -0.25) is 4.79 Å². The summed E-state index contributed by atoms with van der Waals surface area (Å²) in [4.78, 5) is 10.5. The van der Waals surface area contributed by atoms with Crippen molar-refractivity contribution >= 4 is 18.0 Å². The number of ether oxygens (including phenoxy) is 1. The highest BCUT2D eigenvalue weighted by Crippen LogP contribution is 2.17. The van der Waals surface area contributed by atoms with Gasteiger partial charge in [-0.25, -0.2) is 0 Å². The monoisotopic (exact) mass is 292 g/mol. The highest BCUT2D eigenvalue weighted by molar-refractivity contribution is 7.99. The number of hydrogen-bond donors (Lipinski definition) is 0. The fraction of sp³-hybridized carbons (Fsp3) is 0.357. The Morgan fingerprint density at radius 1 is 1.30 bits per heavy atom. The number of aldehydes is 1. The van der Waals surface area contributed by atoms with Gasteiger partial charge in [-0.05, 0) is 30.7 Å². The number of benzene rings is 1.